The monoisotopic (exact) mass is 456 g/mol. The number of nitrogens with one attached hydrogen (secondary N) is 2. The average molecular weight is 457 g/mol. The Morgan fingerprint density at radius 3 is 2.18 bits per heavy atom. The summed E-state index contributed by atoms with van der Waals surface area (Å²) in [7, 11) is 3.96. The Hall–Kier alpha value is -3.80. The van der Waals surface area contributed by atoms with Crippen LogP contribution in [-0.2, 0) is 11.3 Å². The standard InChI is InChI=1S/C28H32N4O2/c1-31(2)25-16-14-24(15-17-25)30-27(33)23-13-18-26(22-11-7-4-8-12-22)32(20-23)28(34)29-19-21-9-5-3-6-10-21/h3-12,14-17,23,26H,13,18-20H2,1-2H3,(H,29,34)(H,30,33)/t23-,26+/m0/s1. The summed E-state index contributed by atoms with van der Waals surface area (Å²) in [4.78, 5) is 30.2. The maximum absolute atomic E-state index is 13.3. The highest BCUT2D eigenvalue weighted by atomic mass is 16.2. The third-order valence-corrected chi connectivity index (χ3v) is 6.34. The van der Waals surface area contributed by atoms with E-state index >= 15 is 0 Å². The van der Waals surface area contributed by atoms with Gasteiger partial charge in [-0.3, -0.25) is 4.79 Å². The summed E-state index contributed by atoms with van der Waals surface area (Å²) in [5, 5.41) is 6.08. The van der Waals surface area contributed by atoms with Gasteiger partial charge in [0.25, 0.3) is 0 Å². The van der Waals surface area contributed by atoms with Crippen LogP contribution >= 0.6 is 0 Å². The zero-order valence-corrected chi connectivity index (χ0v) is 19.8. The topological polar surface area (TPSA) is 64.7 Å². The second kappa shape index (κ2) is 10.9. The van der Waals surface area contributed by atoms with Gasteiger partial charge in [-0.25, -0.2) is 4.79 Å². The Morgan fingerprint density at radius 1 is 0.882 bits per heavy atom. The number of urea groups is 1. The van der Waals surface area contributed by atoms with E-state index in [2.05, 4.69) is 22.8 Å². The number of rotatable bonds is 6. The number of nitrogens with zero attached hydrogens (tertiary/aromatic N) is 2. The molecular formula is C28H32N4O2. The van der Waals surface area contributed by atoms with Gasteiger partial charge in [0.2, 0.25) is 5.91 Å². The van der Waals surface area contributed by atoms with Gasteiger partial charge in [-0.05, 0) is 48.2 Å². The van der Waals surface area contributed by atoms with Gasteiger partial charge in [0.1, 0.15) is 0 Å². The van der Waals surface area contributed by atoms with Crippen LogP contribution in [-0.4, -0.2) is 37.5 Å². The SMILES string of the molecule is CN(C)c1ccc(NC(=O)[C@H]2CC[C@H](c3ccccc3)N(C(=O)NCc3ccccc3)C2)cc1. The largest absolute Gasteiger partial charge is 0.378 e. The van der Waals surface area contributed by atoms with Crippen molar-refractivity contribution >= 4 is 23.3 Å². The molecule has 3 amide bonds. The fourth-order valence-corrected chi connectivity index (χ4v) is 4.39. The summed E-state index contributed by atoms with van der Waals surface area (Å²) in [6.07, 6.45) is 1.46. The number of piperidine rings is 1. The predicted molar refractivity (Wildman–Crippen MR) is 137 cm³/mol. The van der Waals surface area contributed by atoms with E-state index in [9.17, 15) is 9.59 Å². The molecule has 0 aliphatic carbocycles. The van der Waals surface area contributed by atoms with Crippen molar-refractivity contribution < 1.29 is 9.59 Å². The number of anilines is 2. The highest BCUT2D eigenvalue weighted by Gasteiger charge is 2.35. The van der Waals surface area contributed by atoms with E-state index in [1.807, 2.05) is 96.7 Å². The molecule has 6 nitrogen and oxygen atoms in total. The van der Waals surface area contributed by atoms with E-state index in [0.717, 1.165) is 35.3 Å². The van der Waals surface area contributed by atoms with Crippen molar-refractivity contribution in [3.8, 4) is 0 Å². The molecule has 0 unspecified atom stereocenters. The van der Waals surface area contributed by atoms with Crippen molar-refractivity contribution in [1.29, 1.82) is 0 Å². The minimum absolute atomic E-state index is 0.0509. The summed E-state index contributed by atoms with van der Waals surface area (Å²) in [5.41, 5.74) is 3.97. The molecule has 1 aliphatic heterocycles. The normalized spacial score (nSPS) is 17.6. The first kappa shape index (κ1) is 23.4. The predicted octanol–water partition coefficient (Wildman–Crippen LogP) is 5.05. The molecule has 3 aromatic carbocycles. The van der Waals surface area contributed by atoms with Crippen molar-refractivity contribution in [2.75, 3.05) is 30.9 Å². The number of hydrogen-bond donors (Lipinski definition) is 2. The van der Waals surface area contributed by atoms with E-state index in [1.54, 1.807) is 0 Å². The number of likely N-dealkylation sites (tertiary alicyclic amines) is 1. The third-order valence-electron chi connectivity index (χ3n) is 6.34. The smallest absolute Gasteiger partial charge is 0.318 e. The highest BCUT2D eigenvalue weighted by molar-refractivity contribution is 5.93. The lowest BCUT2D eigenvalue weighted by molar-refractivity contribution is -0.121. The highest BCUT2D eigenvalue weighted by Crippen LogP contribution is 2.34. The summed E-state index contributed by atoms with van der Waals surface area (Å²) in [6.45, 7) is 0.828. The number of amides is 3. The van der Waals surface area contributed by atoms with E-state index in [-0.39, 0.29) is 23.9 Å². The van der Waals surface area contributed by atoms with Gasteiger partial charge in [0.05, 0.1) is 12.0 Å². The Kier molecular flexibility index (Phi) is 7.48. The first-order chi connectivity index (χ1) is 16.5. The molecule has 1 heterocycles. The van der Waals surface area contributed by atoms with Gasteiger partial charge in [-0.2, -0.15) is 0 Å². The summed E-state index contributed by atoms with van der Waals surface area (Å²) in [6, 6.07) is 27.5. The zero-order chi connectivity index (χ0) is 23.9. The molecule has 1 saturated heterocycles. The number of hydrogen-bond acceptors (Lipinski definition) is 3. The van der Waals surface area contributed by atoms with Crippen molar-refractivity contribution in [3.05, 3.63) is 96.1 Å². The van der Waals surface area contributed by atoms with E-state index in [4.69, 9.17) is 0 Å². The molecule has 0 aromatic heterocycles. The van der Waals surface area contributed by atoms with Crippen molar-refractivity contribution in [3.63, 3.8) is 0 Å². The lowest BCUT2D eigenvalue weighted by Crippen LogP contribution is -2.49. The second-order valence-electron chi connectivity index (χ2n) is 8.93. The van der Waals surface area contributed by atoms with Crippen LogP contribution in [0.2, 0.25) is 0 Å². The first-order valence-corrected chi connectivity index (χ1v) is 11.7. The average Bonchev–Trinajstić information content (AvgIpc) is 2.88. The van der Waals surface area contributed by atoms with Gasteiger partial charge in [0.15, 0.2) is 0 Å². The van der Waals surface area contributed by atoms with Crippen LogP contribution in [0, 0.1) is 5.92 Å². The first-order valence-electron chi connectivity index (χ1n) is 11.7. The molecule has 34 heavy (non-hydrogen) atoms. The van der Waals surface area contributed by atoms with Gasteiger partial charge in [-0.15, -0.1) is 0 Å². The van der Waals surface area contributed by atoms with Crippen LogP contribution in [0.3, 0.4) is 0 Å². The Balaban J connectivity index is 1.46. The molecule has 0 bridgehead atoms. The van der Waals surface area contributed by atoms with Gasteiger partial charge in [0, 0.05) is 38.6 Å². The molecule has 0 radical (unpaired) electrons. The summed E-state index contributed by atoms with van der Waals surface area (Å²) < 4.78 is 0. The van der Waals surface area contributed by atoms with E-state index in [0.29, 0.717) is 13.1 Å². The lowest BCUT2D eigenvalue weighted by Gasteiger charge is -2.39. The zero-order valence-electron chi connectivity index (χ0n) is 19.8. The lowest BCUT2D eigenvalue weighted by atomic mass is 9.88. The van der Waals surface area contributed by atoms with Crippen LogP contribution in [0.15, 0.2) is 84.9 Å². The molecule has 4 rings (SSSR count). The molecule has 2 atom stereocenters. The number of carbonyl (C=O) groups excluding carboxylic acids is 2. The summed E-state index contributed by atoms with van der Waals surface area (Å²) >= 11 is 0. The third kappa shape index (κ3) is 5.76. The number of carbonyl (C=O) groups is 2. The molecule has 3 aromatic rings. The molecule has 0 spiro atoms. The quantitative estimate of drug-likeness (QED) is 0.545. The molecule has 1 fully saturated rings. The van der Waals surface area contributed by atoms with E-state index < -0.39 is 0 Å². The minimum Gasteiger partial charge on any atom is -0.378 e. The maximum atomic E-state index is 13.3. The molecule has 0 saturated carbocycles. The number of benzene rings is 3. The Morgan fingerprint density at radius 2 is 1.53 bits per heavy atom. The second-order valence-corrected chi connectivity index (χ2v) is 8.93. The molecule has 2 N–H and O–H groups in total. The van der Waals surface area contributed by atoms with Crippen LogP contribution in [0.25, 0.3) is 0 Å². The van der Waals surface area contributed by atoms with Gasteiger partial charge >= 0.3 is 6.03 Å². The molecule has 176 valence electrons. The van der Waals surface area contributed by atoms with Gasteiger partial charge < -0.3 is 20.4 Å². The van der Waals surface area contributed by atoms with E-state index in [1.165, 1.54) is 0 Å². The molecule has 6 heteroatoms. The van der Waals surface area contributed by atoms with Crippen LogP contribution < -0.4 is 15.5 Å². The summed E-state index contributed by atoms with van der Waals surface area (Å²) in [5.74, 6) is -0.319. The Labute approximate surface area is 201 Å². The molecule has 1 aliphatic rings. The van der Waals surface area contributed by atoms with Crippen LogP contribution in [0.5, 0.6) is 0 Å². The fraction of sp³-hybridized carbons (Fsp3) is 0.286. The van der Waals surface area contributed by atoms with Crippen molar-refractivity contribution in [1.82, 2.24) is 10.2 Å². The van der Waals surface area contributed by atoms with Crippen molar-refractivity contribution in [2.45, 2.75) is 25.4 Å². The maximum Gasteiger partial charge on any atom is 0.318 e. The van der Waals surface area contributed by atoms with Crippen LogP contribution in [0.4, 0.5) is 16.2 Å². The minimum atomic E-state index is -0.268. The van der Waals surface area contributed by atoms with Gasteiger partial charge in [-0.1, -0.05) is 60.7 Å². The van der Waals surface area contributed by atoms with Crippen molar-refractivity contribution in [2.24, 2.45) is 5.92 Å². The van der Waals surface area contributed by atoms with Crippen LogP contribution in [0.1, 0.15) is 30.0 Å². The molecular weight excluding hydrogens is 424 g/mol. The fourth-order valence-electron chi connectivity index (χ4n) is 4.39. The Bertz CT molecular complexity index is 1080.